The van der Waals surface area contributed by atoms with Crippen molar-refractivity contribution in [3.63, 3.8) is 0 Å². The maximum absolute atomic E-state index is 8.77. The lowest BCUT2D eigenvalue weighted by atomic mass is 10.2. The summed E-state index contributed by atoms with van der Waals surface area (Å²) in [6, 6.07) is 7.71. The van der Waals surface area contributed by atoms with Gasteiger partial charge in [0.1, 0.15) is 0 Å². The number of nitrogens with one attached hydrogen (secondary N) is 1. The Kier molecular flexibility index (Phi) is 4.32. The van der Waals surface area contributed by atoms with Crippen molar-refractivity contribution in [3.05, 3.63) is 23.8 Å². The highest BCUT2D eigenvalue weighted by Gasteiger charge is 2.04. The molecule has 0 fully saturated rings. The molecule has 80 valence electrons. The molecule has 0 aliphatic rings. The Morgan fingerprint density at radius 1 is 1.60 bits per heavy atom. The van der Waals surface area contributed by atoms with Gasteiger partial charge in [-0.15, -0.1) is 0 Å². The third-order valence-corrected chi connectivity index (χ3v) is 2.83. The molecule has 1 unspecified atom stereocenters. The van der Waals surface area contributed by atoms with Crippen molar-refractivity contribution in [2.24, 2.45) is 0 Å². The Balaban J connectivity index is 2.80. The first-order valence-electron chi connectivity index (χ1n) is 4.72. The molecule has 1 aromatic rings. The lowest BCUT2D eigenvalue weighted by Crippen LogP contribution is -2.18. The van der Waals surface area contributed by atoms with E-state index in [0.29, 0.717) is 17.3 Å². The number of benzene rings is 1. The van der Waals surface area contributed by atoms with Crippen LogP contribution in [0, 0.1) is 11.3 Å². The Hall–Kier alpha value is -1.34. The predicted molar refractivity (Wildman–Crippen MR) is 67.0 cm³/mol. The molecule has 1 rings (SSSR count). The number of nitrogens with two attached hydrogens (primary N) is 1. The molecule has 0 heterocycles. The largest absolute Gasteiger partial charge is 0.397 e. The molecule has 1 aromatic carbocycles. The van der Waals surface area contributed by atoms with Crippen LogP contribution in [0.4, 0.5) is 11.4 Å². The maximum atomic E-state index is 8.77. The average Bonchev–Trinajstić information content (AvgIpc) is 2.21. The molecule has 0 spiro atoms. The van der Waals surface area contributed by atoms with Gasteiger partial charge in [-0.1, -0.05) is 0 Å². The van der Waals surface area contributed by atoms with Crippen LogP contribution in [0.15, 0.2) is 18.2 Å². The zero-order chi connectivity index (χ0) is 11.3. The van der Waals surface area contributed by atoms with E-state index in [1.165, 1.54) is 0 Å². The Bertz CT molecular complexity index is 371. The highest BCUT2D eigenvalue weighted by Crippen LogP contribution is 2.20. The third kappa shape index (κ3) is 3.37. The quantitative estimate of drug-likeness (QED) is 0.766. The number of nitriles is 1. The first kappa shape index (κ1) is 11.7. The molecule has 0 saturated carbocycles. The molecular weight excluding hydrogens is 206 g/mol. The van der Waals surface area contributed by atoms with E-state index in [2.05, 4.69) is 24.6 Å². The van der Waals surface area contributed by atoms with Gasteiger partial charge in [0.25, 0.3) is 0 Å². The minimum atomic E-state index is 0.344. The summed E-state index contributed by atoms with van der Waals surface area (Å²) in [7, 11) is 0. The summed E-state index contributed by atoms with van der Waals surface area (Å²) in [6.45, 7) is 2.09. The number of nitrogens with zero attached hydrogens (tertiary/aromatic N) is 1. The van der Waals surface area contributed by atoms with Gasteiger partial charge >= 0.3 is 0 Å². The monoisotopic (exact) mass is 221 g/mol. The molecule has 0 saturated heterocycles. The number of anilines is 2. The SMILES string of the molecule is CSCC(C)Nc1cc(C#N)ccc1N. The van der Waals surface area contributed by atoms with E-state index in [-0.39, 0.29) is 0 Å². The average molecular weight is 221 g/mol. The molecule has 4 heteroatoms. The molecule has 1 atom stereocenters. The van der Waals surface area contributed by atoms with Crippen molar-refractivity contribution in [2.75, 3.05) is 23.1 Å². The fourth-order valence-corrected chi connectivity index (χ4v) is 1.89. The minimum Gasteiger partial charge on any atom is -0.397 e. The van der Waals surface area contributed by atoms with Crippen LogP contribution in [0.1, 0.15) is 12.5 Å². The Morgan fingerprint density at radius 2 is 2.33 bits per heavy atom. The standard InChI is InChI=1S/C11H15N3S/c1-8(7-15-2)14-11-5-9(6-12)3-4-10(11)13/h3-5,8,14H,7,13H2,1-2H3. The van der Waals surface area contributed by atoms with Crippen LogP contribution in [0.2, 0.25) is 0 Å². The smallest absolute Gasteiger partial charge is 0.0992 e. The van der Waals surface area contributed by atoms with E-state index in [1.54, 1.807) is 30.0 Å². The Morgan fingerprint density at radius 3 is 2.93 bits per heavy atom. The molecule has 3 nitrogen and oxygen atoms in total. The summed E-state index contributed by atoms with van der Waals surface area (Å²) < 4.78 is 0. The van der Waals surface area contributed by atoms with Crippen LogP contribution in [-0.2, 0) is 0 Å². The van der Waals surface area contributed by atoms with E-state index in [0.717, 1.165) is 11.4 Å². The molecule has 0 aromatic heterocycles. The van der Waals surface area contributed by atoms with Crippen LogP contribution in [-0.4, -0.2) is 18.1 Å². The maximum Gasteiger partial charge on any atom is 0.0992 e. The van der Waals surface area contributed by atoms with Crippen LogP contribution in [0.3, 0.4) is 0 Å². The molecule has 0 aliphatic heterocycles. The van der Waals surface area contributed by atoms with Gasteiger partial charge in [-0.2, -0.15) is 17.0 Å². The van der Waals surface area contributed by atoms with Crippen molar-refractivity contribution in [1.29, 1.82) is 5.26 Å². The number of nitrogen functional groups attached to an aromatic ring is 1. The topological polar surface area (TPSA) is 61.8 Å². The number of thioether (sulfide) groups is 1. The van der Waals surface area contributed by atoms with Gasteiger partial charge in [0.15, 0.2) is 0 Å². The fraction of sp³-hybridized carbons (Fsp3) is 0.364. The molecule has 0 bridgehead atoms. The summed E-state index contributed by atoms with van der Waals surface area (Å²) in [6.07, 6.45) is 2.06. The van der Waals surface area contributed by atoms with Crippen LogP contribution in [0.25, 0.3) is 0 Å². The zero-order valence-corrected chi connectivity index (χ0v) is 9.77. The fourth-order valence-electron chi connectivity index (χ4n) is 1.31. The highest BCUT2D eigenvalue weighted by molar-refractivity contribution is 7.98. The van der Waals surface area contributed by atoms with Crippen molar-refractivity contribution in [1.82, 2.24) is 0 Å². The highest BCUT2D eigenvalue weighted by atomic mass is 32.2. The second-order valence-electron chi connectivity index (χ2n) is 3.41. The predicted octanol–water partition coefficient (Wildman–Crippen LogP) is 2.30. The van der Waals surface area contributed by atoms with Gasteiger partial charge in [-0.3, -0.25) is 0 Å². The lowest BCUT2D eigenvalue weighted by molar-refractivity contribution is 0.915. The van der Waals surface area contributed by atoms with Gasteiger partial charge in [0.2, 0.25) is 0 Å². The Labute approximate surface area is 94.7 Å². The van der Waals surface area contributed by atoms with Gasteiger partial charge in [0.05, 0.1) is 23.0 Å². The van der Waals surface area contributed by atoms with Crippen molar-refractivity contribution >= 4 is 23.1 Å². The minimum absolute atomic E-state index is 0.344. The van der Waals surface area contributed by atoms with Gasteiger partial charge < -0.3 is 11.1 Å². The van der Waals surface area contributed by atoms with Crippen molar-refractivity contribution < 1.29 is 0 Å². The molecule has 15 heavy (non-hydrogen) atoms. The second kappa shape index (κ2) is 5.52. The van der Waals surface area contributed by atoms with E-state index in [4.69, 9.17) is 11.0 Å². The zero-order valence-electron chi connectivity index (χ0n) is 8.95. The van der Waals surface area contributed by atoms with E-state index in [1.807, 2.05) is 0 Å². The summed E-state index contributed by atoms with van der Waals surface area (Å²) >= 11 is 1.78. The number of rotatable bonds is 4. The summed E-state index contributed by atoms with van der Waals surface area (Å²) in [5.41, 5.74) is 7.96. The van der Waals surface area contributed by atoms with Crippen molar-refractivity contribution in [3.8, 4) is 6.07 Å². The molecular formula is C11H15N3S. The van der Waals surface area contributed by atoms with Gasteiger partial charge in [0, 0.05) is 11.8 Å². The summed E-state index contributed by atoms with van der Waals surface area (Å²) in [4.78, 5) is 0. The van der Waals surface area contributed by atoms with Crippen LogP contribution in [0.5, 0.6) is 0 Å². The summed E-state index contributed by atoms with van der Waals surface area (Å²) in [5, 5.41) is 12.1. The van der Waals surface area contributed by atoms with Gasteiger partial charge in [-0.05, 0) is 31.4 Å². The number of hydrogen-bond acceptors (Lipinski definition) is 4. The van der Waals surface area contributed by atoms with E-state index >= 15 is 0 Å². The second-order valence-corrected chi connectivity index (χ2v) is 4.33. The first-order chi connectivity index (χ1) is 7.17. The van der Waals surface area contributed by atoms with E-state index in [9.17, 15) is 0 Å². The molecule has 0 aliphatic carbocycles. The number of hydrogen-bond donors (Lipinski definition) is 2. The van der Waals surface area contributed by atoms with Crippen molar-refractivity contribution in [2.45, 2.75) is 13.0 Å². The van der Waals surface area contributed by atoms with Crippen LogP contribution < -0.4 is 11.1 Å². The van der Waals surface area contributed by atoms with Crippen LogP contribution >= 0.6 is 11.8 Å². The first-order valence-corrected chi connectivity index (χ1v) is 6.12. The summed E-state index contributed by atoms with van der Waals surface area (Å²) in [5.74, 6) is 1.01. The molecule has 3 N–H and O–H groups in total. The van der Waals surface area contributed by atoms with Gasteiger partial charge in [-0.25, -0.2) is 0 Å². The molecule has 0 radical (unpaired) electrons. The normalized spacial score (nSPS) is 11.8. The molecule has 0 amide bonds. The third-order valence-electron chi connectivity index (χ3n) is 2.00. The lowest BCUT2D eigenvalue weighted by Gasteiger charge is -2.15. The van der Waals surface area contributed by atoms with E-state index < -0.39 is 0 Å².